The van der Waals surface area contributed by atoms with Gasteiger partial charge in [-0.05, 0) is 35.4 Å². The molecule has 0 saturated heterocycles. The van der Waals surface area contributed by atoms with Crippen LogP contribution in [0.3, 0.4) is 0 Å². The fourth-order valence-corrected chi connectivity index (χ4v) is 2.37. The topological polar surface area (TPSA) is 26.3 Å². The molecule has 24 heavy (non-hydrogen) atoms. The van der Waals surface area contributed by atoms with Gasteiger partial charge in [0, 0.05) is 12.3 Å². The first-order valence-electron chi connectivity index (χ1n) is 6.97. The van der Waals surface area contributed by atoms with E-state index in [4.69, 9.17) is 0 Å². The Bertz CT molecular complexity index is 680. The third-order valence-electron chi connectivity index (χ3n) is 3.46. The minimum atomic E-state index is -4.45. The summed E-state index contributed by atoms with van der Waals surface area (Å²) in [6.45, 7) is -2.99. The van der Waals surface area contributed by atoms with Crippen LogP contribution in [0.15, 0.2) is 48.5 Å². The van der Waals surface area contributed by atoms with Gasteiger partial charge in [-0.1, -0.05) is 24.3 Å². The summed E-state index contributed by atoms with van der Waals surface area (Å²) in [6, 6.07) is 10.2. The third-order valence-corrected chi connectivity index (χ3v) is 3.46. The summed E-state index contributed by atoms with van der Waals surface area (Å²) in [7, 11) is 0. The molecule has 0 amide bonds. The first kappa shape index (κ1) is 17.9. The highest BCUT2D eigenvalue weighted by Crippen LogP contribution is 2.33. The summed E-state index contributed by atoms with van der Waals surface area (Å²) in [5.41, 5.74) is 0.176. The zero-order valence-electron chi connectivity index (χ0n) is 12.3. The molecule has 0 fully saturated rings. The molecule has 2 rings (SSSR count). The van der Waals surface area contributed by atoms with E-state index < -0.39 is 24.3 Å². The van der Waals surface area contributed by atoms with Gasteiger partial charge < -0.3 is 9.53 Å². The highest BCUT2D eigenvalue weighted by molar-refractivity contribution is 5.54. The molecule has 0 bridgehead atoms. The van der Waals surface area contributed by atoms with Crippen molar-refractivity contribution < 1.29 is 31.5 Å². The molecule has 0 heterocycles. The van der Waals surface area contributed by atoms with E-state index in [1.165, 1.54) is 30.3 Å². The van der Waals surface area contributed by atoms with Gasteiger partial charge in [-0.25, -0.2) is 0 Å². The van der Waals surface area contributed by atoms with Gasteiger partial charge in [0.25, 0.3) is 0 Å². The van der Waals surface area contributed by atoms with Crippen LogP contribution in [0.4, 0.5) is 22.0 Å². The maximum Gasteiger partial charge on any atom is 0.416 e. The first-order chi connectivity index (χ1) is 11.3. The summed E-state index contributed by atoms with van der Waals surface area (Å²) >= 11 is 0. The molecule has 7 heteroatoms. The number of carbonyl (C=O) groups excluding carboxylic acids is 1. The Balaban J connectivity index is 2.34. The fraction of sp³-hybridized carbons (Fsp3) is 0.235. The summed E-state index contributed by atoms with van der Waals surface area (Å²) in [5.74, 6) is -0.628. The van der Waals surface area contributed by atoms with Crippen LogP contribution in [0.1, 0.15) is 29.0 Å². The molecule has 0 spiro atoms. The van der Waals surface area contributed by atoms with E-state index in [-0.39, 0.29) is 12.2 Å². The zero-order chi connectivity index (χ0) is 17.7. The van der Waals surface area contributed by atoms with Crippen molar-refractivity contribution in [3.63, 3.8) is 0 Å². The second-order valence-electron chi connectivity index (χ2n) is 5.03. The Morgan fingerprint density at radius 3 is 2.21 bits per heavy atom. The van der Waals surface area contributed by atoms with Crippen LogP contribution in [0.2, 0.25) is 0 Å². The van der Waals surface area contributed by atoms with Crippen molar-refractivity contribution in [2.24, 2.45) is 0 Å². The zero-order valence-corrected chi connectivity index (χ0v) is 12.3. The lowest BCUT2D eigenvalue weighted by molar-refractivity contribution is -0.137. The number of aldehydes is 1. The van der Waals surface area contributed by atoms with Crippen molar-refractivity contribution in [1.82, 2.24) is 0 Å². The molecule has 0 aliphatic heterocycles. The van der Waals surface area contributed by atoms with Crippen molar-refractivity contribution in [1.29, 1.82) is 0 Å². The van der Waals surface area contributed by atoms with E-state index in [1.54, 1.807) is 6.07 Å². The minimum absolute atomic E-state index is 0.00347. The molecule has 0 aliphatic rings. The summed E-state index contributed by atoms with van der Waals surface area (Å²) in [5, 5.41) is 0. The van der Waals surface area contributed by atoms with Crippen LogP contribution in [-0.4, -0.2) is 12.9 Å². The lowest BCUT2D eigenvalue weighted by atomic mass is 9.88. The van der Waals surface area contributed by atoms with Crippen LogP contribution >= 0.6 is 0 Å². The van der Waals surface area contributed by atoms with Crippen molar-refractivity contribution in [3.05, 3.63) is 65.2 Å². The monoisotopic (exact) mass is 344 g/mol. The maximum absolute atomic E-state index is 12.6. The van der Waals surface area contributed by atoms with Crippen LogP contribution in [0.5, 0.6) is 5.75 Å². The number of hydrogen-bond donors (Lipinski definition) is 0. The molecule has 128 valence electrons. The molecule has 1 atom stereocenters. The van der Waals surface area contributed by atoms with Gasteiger partial charge in [-0.15, -0.1) is 0 Å². The van der Waals surface area contributed by atoms with Crippen LogP contribution in [0.25, 0.3) is 0 Å². The standard InChI is InChI=1S/C17H13F5O2/c18-16(19)24-14-3-1-2-12(10-14)15(8-9-23)11-4-6-13(7-5-11)17(20,21)22/h1-7,9-10,15-16H,8H2. The average molecular weight is 344 g/mol. The molecule has 0 aromatic heterocycles. The number of halogens is 5. The van der Waals surface area contributed by atoms with Gasteiger partial charge in [0.05, 0.1) is 5.56 Å². The molecule has 0 radical (unpaired) electrons. The Hall–Kier alpha value is -2.44. The largest absolute Gasteiger partial charge is 0.435 e. The molecule has 0 saturated carbocycles. The predicted octanol–water partition coefficient (Wildman–Crippen LogP) is 5.03. The van der Waals surface area contributed by atoms with E-state index >= 15 is 0 Å². The average Bonchev–Trinajstić information content (AvgIpc) is 2.51. The number of hydrogen-bond acceptors (Lipinski definition) is 2. The van der Waals surface area contributed by atoms with E-state index in [1.807, 2.05) is 0 Å². The molecule has 2 aromatic rings. The van der Waals surface area contributed by atoms with E-state index in [0.717, 1.165) is 12.1 Å². The molecule has 0 N–H and O–H groups in total. The molecular formula is C17H13F5O2. The number of benzene rings is 2. The normalized spacial score (nSPS) is 12.9. The second kappa shape index (κ2) is 7.42. The lowest BCUT2D eigenvalue weighted by Gasteiger charge is -2.17. The Morgan fingerprint density at radius 2 is 1.67 bits per heavy atom. The van der Waals surface area contributed by atoms with Crippen molar-refractivity contribution in [2.45, 2.75) is 25.1 Å². The number of carbonyl (C=O) groups is 1. The highest BCUT2D eigenvalue weighted by atomic mass is 19.4. The first-order valence-corrected chi connectivity index (χ1v) is 6.97. The Morgan fingerprint density at radius 1 is 1.00 bits per heavy atom. The third kappa shape index (κ3) is 4.53. The molecule has 1 unspecified atom stereocenters. The van der Waals surface area contributed by atoms with E-state index in [0.29, 0.717) is 17.4 Å². The summed E-state index contributed by atoms with van der Waals surface area (Å²) < 4.78 is 66.8. The van der Waals surface area contributed by atoms with Gasteiger partial charge in [-0.2, -0.15) is 22.0 Å². The van der Waals surface area contributed by atoms with Gasteiger partial charge in [0.2, 0.25) is 0 Å². The number of alkyl halides is 5. The Labute approximate surface area is 134 Å². The molecule has 2 nitrogen and oxygen atoms in total. The lowest BCUT2D eigenvalue weighted by Crippen LogP contribution is -2.07. The van der Waals surface area contributed by atoms with Crippen LogP contribution < -0.4 is 4.74 Å². The van der Waals surface area contributed by atoms with Crippen LogP contribution in [0, 0.1) is 0 Å². The summed E-state index contributed by atoms with van der Waals surface area (Å²) in [4.78, 5) is 10.9. The predicted molar refractivity (Wildman–Crippen MR) is 77.0 cm³/mol. The number of ether oxygens (including phenoxy) is 1. The SMILES string of the molecule is O=CCC(c1ccc(C(F)(F)F)cc1)c1cccc(OC(F)F)c1. The molecule has 0 aliphatic carbocycles. The smallest absolute Gasteiger partial charge is 0.416 e. The molecular weight excluding hydrogens is 331 g/mol. The Kier molecular flexibility index (Phi) is 5.54. The van der Waals surface area contributed by atoms with E-state index in [9.17, 15) is 26.7 Å². The second-order valence-corrected chi connectivity index (χ2v) is 5.03. The van der Waals surface area contributed by atoms with Gasteiger partial charge >= 0.3 is 12.8 Å². The fourth-order valence-electron chi connectivity index (χ4n) is 2.37. The van der Waals surface area contributed by atoms with Gasteiger partial charge in [0.15, 0.2) is 0 Å². The number of rotatable bonds is 6. The minimum Gasteiger partial charge on any atom is -0.435 e. The summed E-state index contributed by atoms with van der Waals surface area (Å²) in [6.07, 6.45) is -3.82. The molecule has 2 aromatic carbocycles. The van der Waals surface area contributed by atoms with E-state index in [2.05, 4.69) is 4.74 Å². The maximum atomic E-state index is 12.6. The quantitative estimate of drug-likeness (QED) is 0.543. The van der Waals surface area contributed by atoms with Gasteiger partial charge in [-0.3, -0.25) is 0 Å². The van der Waals surface area contributed by atoms with Crippen molar-refractivity contribution in [3.8, 4) is 5.75 Å². The van der Waals surface area contributed by atoms with Crippen molar-refractivity contribution >= 4 is 6.29 Å². The van der Waals surface area contributed by atoms with Crippen LogP contribution in [-0.2, 0) is 11.0 Å². The highest BCUT2D eigenvalue weighted by Gasteiger charge is 2.30. The van der Waals surface area contributed by atoms with Crippen molar-refractivity contribution in [2.75, 3.05) is 0 Å². The van der Waals surface area contributed by atoms with Gasteiger partial charge in [0.1, 0.15) is 12.0 Å².